The molecule has 0 amide bonds. The van der Waals surface area contributed by atoms with Gasteiger partial charge < -0.3 is 5.32 Å². The molecule has 1 heterocycles. The maximum absolute atomic E-state index is 11.7. The van der Waals surface area contributed by atoms with Crippen LogP contribution in [-0.2, 0) is 9.84 Å². The van der Waals surface area contributed by atoms with Gasteiger partial charge in [0.1, 0.15) is 4.60 Å². The Morgan fingerprint density at radius 1 is 1.47 bits per heavy atom. The number of aromatic nitrogens is 1. The molecule has 1 N–H and O–H groups in total. The van der Waals surface area contributed by atoms with E-state index in [1.807, 2.05) is 12.1 Å². The summed E-state index contributed by atoms with van der Waals surface area (Å²) in [6.45, 7) is 0. The monoisotopic (exact) mass is 318 g/mol. The van der Waals surface area contributed by atoms with Gasteiger partial charge in [-0.25, -0.2) is 13.4 Å². The van der Waals surface area contributed by atoms with Gasteiger partial charge in [-0.3, -0.25) is 0 Å². The number of nitrogens with zero attached hydrogens (tertiary/aromatic N) is 1. The maximum atomic E-state index is 11.7. The number of hydrogen-bond acceptors (Lipinski definition) is 4. The number of sulfone groups is 1. The summed E-state index contributed by atoms with van der Waals surface area (Å²) in [4.78, 5) is 4.11. The minimum Gasteiger partial charge on any atom is -0.379 e. The lowest BCUT2D eigenvalue weighted by Crippen LogP contribution is -2.34. The molecule has 1 aliphatic rings. The van der Waals surface area contributed by atoms with Crippen molar-refractivity contribution in [2.45, 2.75) is 30.6 Å². The molecular formula is C11H15BrN2O2S. The summed E-state index contributed by atoms with van der Waals surface area (Å²) >= 11 is 3.35. The fourth-order valence-corrected chi connectivity index (χ4v) is 4.06. The lowest BCUT2D eigenvalue weighted by molar-refractivity contribution is 0.579. The molecule has 17 heavy (non-hydrogen) atoms. The number of nitrogens with one attached hydrogen (secondary N) is 1. The molecule has 1 aromatic rings. The number of hydrogen-bond donors (Lipinski definition) is 1. The second-order valence-electron chi connectivity index (χ2n) is 4.39. The predicted octanol–water partition coefficient (Wildman–Crippen LogP) is 2.22. The third-order valence-corrected chi connectivity index (χ3v) is 5.40. The SMILES string of the molecule is CS(=O)(=O)C1CCCC1Nc1cccnc1Br. The van der Waals surface area contributed by atoms with Crippen LogP contribution >= 0.6 is 15.9 Å². The summed E-state index contributed by atoms with van der Waals surface area (Å²) in [5, 5.41) is 2.99. The average molecular weight is 319 g/mol. The van der Waals surface area contributed by atoms with E-state index in [1.165, 1.54) is 6.26 Å². The van der Waals surface area contributed by atoms with E-state index in [2.05, 4.69) is 26.2 Å². The normalized spacial score (nSPS) is 24.8. The van der Waals surface area contributed by atoms with Crippen molar-refractivity contribution in [2.75, 3.05) is 11.6 Å². The Bertz CT molecular complexity index is 504. The summed E-state index contributed by atoms with van der Waals surface area (Å²) in [6, 6.07) is 3.72. The molecule has 1 aliphatic carbocycles. The van der Waals surface area contributed by atoms with Gasteiger partial charge >= 0.3 is 0 Å². The van der Waals surface area contributed by atoms with E-state index in [-0.39, 0.29) is 11.3 Å². The van der Waals surface area contributed by atoms with Gasteiger partial charge in [-0.1, -0.05) is 0 Å². The first-order valence-corrected chi connectivity index (χ1v) is 8.29. The van der Waals surface area contributed by atoms with Crippen molar-refractivity contribution in [2.24, 2.45) is 0 Å². The van der Waals surface area contributed by atoms with E-state index >= 15 is 0 Å². The van der Waals surface area contributed by atoms with Crippen molar-refractivity contribution in [3.63, 3.8) is 0 Å². The van der Waals surface area contributed by atoms with Crippen molar-refractivity contribution in [1.29, 1.82) is 0 Å². The summed E-state index contributed by atoms with van der Waals surface area (Å²) < 4.78 is 24.0. The quantitative estimate of drug-likeness (QED) is 0.868. The molecule has 94 valence electrons. The van der Waals surface area contributed by atoms with Gasteiger partial charge in [0.2, 0.25) is 0 Å². The zero-order valence-corrected chi connectivity index (χ0v) is 12.0. The van der Waals surface area contributed by atoms with E-state index in [0.29, 0.717) is 0 Å². The third-order valence-electron chi connectivity index (χ3n) is 3.10. The van der Waals surface area contributed by atoms with Crippen LogP contribution in [0.25, 0.3) is 0 Å². The molecule has 0 aliphatic heterocycles. The largest absolute Gasteiger partial charge is 0.379 e. The fourth-order valence-electron chi connectivity index (χ4n) is 2.30. The lowest BCUT2D eigenvalue weighted by Gasteiger charge is -2.21. The van der Waals surface area contributed by atoms with E-state index in [1.54, 1.807) is 6.20 Å². The predicted molar refractivity (Wildman–Crippen MR) is 71.8 cm³/mol. The molecule has 4 nitrogen and oxygen atoms in total. The van der Waals surface area contributed by atoms with Crippen molar-refractivity contribution in [3.05, 3.63) is 22.9 Å². The van der Waals surface area contributed by atoms with E-state index in [4.69, 9.17) is 0 Å². The Kier molecular flexibility index (Phi) is 3.73. The van der Waals surface area contributed by atoms with Gasteiger partial charge in [0.05, 0.1) is 10.9 Å². The molecule has 0 aromatic carbocycles. The molecule has 0 spiro atoms. The van der Waals surface area contributed by atoms with Gasteiger partial charge in [0, 0.05) is 18.5 Å². The first kappa shape index (κ1) is 12.8. The Labute approximate surface area is 110 Å². The van der Waals surface area contributed by atoms with E-state index in [0.717, 1.165) is 29.6 Å². The zero-order chi connectivity index (χ0) is 12.5. The highest BCUT2D eigenvalue weighted by Crippen LogP contribution is 2.29. The molecule has 6 heteroatoms. The lowest BCUT2D eigenvalue weighted by atomic mass is 10.2. The van der Waals surface area contributed by atoms with Crippen LogP contribution in [0.2, 0.25) is 0 Å². The zero-order valence-electron chi connectivity index (χ0n) is 9.56. The van der Waals surface area contributed by atoms with Gasteiger partial charge in [-0.05, 0) is 47.3 Å². The number of pyridine rings is 1. The smallest absolute Gasteiger partial charge is 0.152 e. The highest BCUT2D eigenvalue weighted by molar-refractivity contribution is 9.10. The van der Waals surface area contributed by atoms with Crippen LogP contribution in [-0.4, -0.2) is 30.9 Å². The topological polar surface area (TPSA) is 59.1 Å². The molecule has 2 unspecified atom stereocenters. The fraction of sp³-hybridized carbons (Fsp3) is 0.545. The van der Waals surface area contributed by atoms with Gasteiger partial charge in [0.15, 0.2) is 9.84 Å². The molecule has 0 radical (unpaired) electrons. The highest BCUT2D eigenvalue weighted by Gasteiger charge is 2.34. The second-order valence-corrected chi connectivity index (χ2v) is 7.41. The minimum atomic E-state index is -2.98. The van der Waals surface area contributed by atoms with Crippen molar-refractivity contribution in [1.82, 2.24) is 4.98 Å². The first-order chi connectivity index (χ1) is 7.98. The second kappa shape index (κ2) is 4.94. The van der Waals surface area contributed by atoms with Crippen molar-refractivity contribution >= 4 is 31.5 Å². The molecular weight excluding hydrogens is 304 g/mol. The summed E-state index contributed by atoms with van der Waals surface area (Å²) in [6.07, 6.45) is 5.59. The van der Waals surface area contributed by atoms with Gasteiger partial charge in [0.25, 0.3) is 0 Å². The molecule has 0 saturated heterocycles. The van der Waals surface area contributed by atoms with Crippen molar-refractivity contribution < 1.29 is 8.42 Å². The molecule has 2 rings (SSSR count). The van der Waals surface area contributed by atoms with Gasteiger partial charge in [-0.15, -0.1) is 0 Å². The van der Waals surface area contributed by atoms with Crippen LogP contribution in [0.4, 0.5) is 5.69 Å². The number of rotatable bonds is 3. The Morgan fingerprint density at radius 2 is 2.24 bits per heavy atom. The first-order valence-electron chi connectivity index (χ1n) is 5.54. The standard InChI is InChI=1S/C11H15BrN2O2S/c1-17(15,16)10-6-2-4-8(10)14-9-5-3-7-13-11(9)12/h3,5,7-8,10,14H,2,4,6H2,1H3. The van der Waals surface area contributed by atoms with Gasteiger partial charge in [-0.2, -0.15) is 0 Å². The average Bonchev–Trinajstić information content (AvgIpc) is 2.69. The van der Waals surface area contributed by atoms with Crippen LogP contribution < -0.4 is 5.32 Å². The minimum absolute atomic E-state index is 0.00880. The van der Waals surface area contributed by atoms with Crippen LogP contribution in [0, 0.1) is 0 Å². The molecule has 1 fully saturated rings. The van der Waals surface area contributed by atoms with Crippen LogP contribution in [0.1, 0.15) is 19.3 Å². The molecule has 1 aromatic heterocycles. The van der Waals surface area contributed by atoms with Crippen LogP contribution in [0.3, 0.4) is 0 Å². The van der Waals surface area contributed by atoms with E-state index < -0.39 is 9.84 Å². The van der Waals surface area contributed by atoms with Crippen LogP contribution in [0.5, 0.6) is 0 Å². The summed E-state index contributed by atoms with van der Waals surface area (Å²) in [5.41, 5.74) is 0.855. The van der Waals surface area contributed by atoms with Crippen LogP contribution in [0.15, 0.2) is 22.9 Å². The maximum Gasteiger partial charge on any atom is 0.152 e. The molecule has 0 bridgehead atoms. The highest BCUT2D eigenvalue weighted by atomic mass is 79.9. The van der Waals surface area contributed by atoms with E-state index in [9.17, 15) is 8.42 Å². The number of anilines is 1. The summed E-state index contributed by atoms with van der Waals surface area (Å²) in [5.74, 6) is 0. The molecule has 1 saturated carbocycles. The Balaban J connectivity index is 2.17. The Hall–Kier alpha value is -0.620. The molecule has 2 atom stereocenters. The third kappa shape index (κ3) is 2.98. The summed E-state index contributed by atoms with van der Waals surface area (Å²) in [7, 11) is -2.98. The number of halogens is 1. The Morgan fingerprint density at radius 3 is 2.88 bits per heavy atom. The van der Waals surface area contributed by atoms with Crippen molar-refractivity contribution in [3.8, 4) is 0 Å².